The van der Waals surface area contributed by atoms with Crippen LogP contribution in [-0.2, 0) is 27.3 Å². The van der Waals surface area contributed by atoms with Crippen LogP contribution in [0.1, 0.15) is 24.5 Å². The number of anilines is 1. The van der Waals surface area contributed by atoms with E-state index in [-0.39, 0.29) is 36.5 Å². The molecule has 1 saturated heterocycles. The van der Waals surface area contributed by atoms with Gasteiger partial charge in [0, 0.05) is 38.2 Å². The standard InChI is InChI=1S/C17H15F3N6O5S.C10H13F2N/c18-17(19,20)31-10-1-3-11(4-2-10)32(29,30)26-6-5-25(8-12(26)16(27)28)13-7-21-14-15(24-13)23-9-22-14;1-2-10(11,12)9-5-3-8(7-13)4-6-9/h1-4,7,9,12H,5-6,8H2,(H,27,28)(H,21,22,23,24);3-6H,2,7,13H2,1H3/t12-;/m1./s1. The average Bonchev–Trinajstić information content (AvgIpc) is 3.49. The minimum Gasteiger partial charge on any atom is -0.480 e. The van der Waals surface area contributed by atoms with E-state index in [9.17, 15) is 40.3 Å². The second kappa shape index (κ2) is 13.3. The molecule has 0 unspecified atom stereocenters. The zero-order valence-corrected chi connectivity index (χ0v) is 24.4. The molecular weight excluding hydrogens is 629 g/mol. The number of benzene rings is 2. The van der Waals surface area contributed by atoms with Crippen LogP contribution in [0, 0.1) is 0 Å². The molecule has 242 valence electrons. The van der Waals surface area contributed by atoms with E-state index in [2.05, 4.69) is 24.7 Å². The number of fused-ring (bicyclic) bond motifs is 1. The summed E-state index contributed by atoms with van der Waals surface area (Å²) >= 11 is 0. The first-order chi connectivity index (χ1) is 21.1. The molecule has 4 N–H and O–H groups in total. The lowest BCUT2D eigenvalue weighted by Crippen LogP contribution is -2.58. The summed E-state index contributed by atoms with van der Waals surface area (Å²) in [5, 5.41) is 9.66. The molecule has 0 bridgehead atoms. The number of rotatable bonds is 8. The van der Waals surface area contributed by atoms with E-state index in [1.807, 2.05) is 0 Å². The Morgan fingerprint density at radius 2 is 1.73 bits per heavy atom. The third-order valence-electron chi connectivity index (χ3n) is 6.79. The zero-order chi connectivity index (χ0) is 33.0. The van der Waals surface area contributed by atoms with Crippen molar-refractivity contribution in [3.63, 3.8) is 0 Å². The third kappa shape index (κ3) is 8.00. The molecule has 45 heavy (non-hydrogen) atoms. The first kappa shape index (κ1) is 33.5. The van der Waals surface area contributed by atoms with Crippen LogP contribution in [0.25, 0.3) is 11.3 Å². The van der Waals surface area contributed by atoms with Crippen molar-refractivity contribution in [2.45, 2.75) is 43.1 Å². The van der Waals surface area contributed by atoms with Crippen LogP contribution in [0.4, 0.5) is 27.8 Å². The SMILES string of the molecule is CCC(F)(F)c1ccc(CN)cc1.O=C(O)[C@H]1CN(c2cnc3nc[nH]c3n2)CCN1S(=O)(=O)c1ccc(OC(F)(F)F)cc1. The fourth-order valence-electron chi connectivity index (χ4n) is 4.37. The number of carbonyl (C=O) groups is 1. The minimum atomic E-state index is -4.92. The van der Waals surface area contributed by atoms with Crippen LogP contribution in [0.2, 0.25) is 0 Å². The molecule has 18 heteroatoms. The number of carboxylic acids is 1. The quantitative estimate of drug-likeness (QED) is 0.237. The van der Waals surface area contributed by atoms with Crippen LogP contribution < -0.4 is 15.4 Å². The Kier molecular flexibility index (Phi) is 9.89. The Labute approximate surface area is 253 Å². The molecule has 0 radical (unpaired) electrons. The molecule has 1 atom stereocenters. The van der Waals surface area contributed by atoms with Gasteiger partial charge in [0.25, 0.3) is 5.92 Å². The van der Waals surface area contributed by atoms with Gasteiger partial charge in [0.05, 0.1) is 17.4 Å². The molecule has 4 aromatic rings. The second-order valence-corrected chi connectivity index (χ2v) is 11.6. The summed E-state index contributed by atoms with van der Waals surface area (Å²) in [4.78, 5) is 28.3. The van der Waals surface area contributed by atoms with Crippen molar-refractivity contribution in [2.75, 3.05) is 24.5 Å². The Morgan fingerprint density at radius 3 is 2.31 bits per heavy atom. The molecular formula is C27H28F5N7O5S. The fourth-order valence-corrected chi connectivity index (χ4v) is 5.94. The highest BCUT2D eigenvalue weighted by molar-refractivity contribution is 7.89. The van der Waals surface area contributed by atoms with Gasteiger partial charge in [0.1, 0.15) is 17.6 Å². The van der Waals surface area contributed by atoms with Crippen molar-refractivity contribution in [2.24, 2.45) is 5.73 Å². The van der Waals surface area contributed by atoms with Crippen molar-refractivity contribution < 1.29 is 45.0 Å². The average molecular weight is 658 g/mol. The largest absolute Gasteiger partial charge is 0.573 e. The van der Waals surface area contributed by atoms with E-state index >= 15 is 0 Å². The molecule has 5 rings (SSSR count). The lowest BCUT2D eigenvalue weighted by Gasteiger charge is -2.38. The Morgan fingerprint density at radius 1 is 1.07 bits per heavy atom. The predicted octanol–water partition coefficient (Wildman–Crippen LogP) is 3.86. The number of sulfonamides is 1. The van der Waals surface area contributed by atoms with E-state index in [0.717, 1.165) is 34.1 Å². The van der Waals surface area contributed by atoms with Crippen molar-refractivity contribution in [1.82, 2.24) is 24.2 Å². The summed E-state index contributed by atoms with van der Waals surface area (Å²) in [5.41, 5.74) is 7.06. The maximum absolute atomic E-state index is 13.1. The topological polar surface area (TPSA) is 168 Å². The van der Waals surface area contributed by atoms with Crippen LogP contribution >= 0.6 is 0 Å². The number of hydrogen-bond donors (Lipinski definition) is 3. The van der Waals surface area contributed by atoms with Gasteiger partial charge in [-0.15, -0.1) is 13.2 Å². The second-order valence-electron chi connectivity index (χ2n) is 9.70. The smallest absolute Gasteiger partial charge is 0.480 e. The number of hydrogen-bond acceptors (Lipinski definition) is 9. The zero-order valence-electron chi connectivity index (χ0n) is 23.6. The molecule has 12 nitrogen and oxygen atoms in total. The molecule has 2 aromatic carbocycles. The number of piperazine rings is 1. The summed E-state index contributed by atoms with van der Waals surface area (Å²) in [7, 11) is -4.31. The molecule has 0 saturated carbocycles. The molecule has 3 heterocycles. The van der Waals surface area contributed by atoms with E-state index < -0.39 is 40.1 Å². The highest BCUT2D eigenvalue weighted by Gasteiger charge is 2.41. The van der Waals surface area contributed by atoms with Gasteiger partial charge >= 0.3 is 12.3 Å². The number of imidazole rings is 1. The molecule has 0 amide bonds. The van der Waals surface area contributed by atoms with E-state index in [4.69, 9.17) is 5.73 Å². The number of ether oxygens (including phenoxy) is 1. The lowest BCUT2D eigenvalue weighted by molar-refractivity contribution is -0.274. The number of aromatic amines is 1. The maximum Gasteiger partial charge on any atom is 0.573 e. The molecule has 0 spiro atoms. The first-order valence-electron chi connectivity index (χ1n) is 13.3. The first-order valence-corrected chi connectivity index (χ1v) is 14.8. The minimum absolute atomic E-state index is 0.0622. The number of halogens is 5. The molecule has 1 aliphatic rings. The summed E-state index contributed by atoms with van der Waals surface area (Å²) in [6, 6.07) is 8.25. The molecule has 2 aromatic heterocycles. The van der Waals surface area contributed by atoms with Gasteiger partial charge < -0.3 is 25.5 Å². The number of H-pyrrole nitrogens is 1. The number of aliphatic carboxylic acids is 1. The van der Waals surface area contributed by atoms with Crippen LogP contribution in [0.5, 0.6) is 5.75 Å². The highest BCUT2D eigenvalue weighted by Crippen LogP contribution is 2.31. The van der Waals surface area contributed by atoms with Crippen LogP contribution in [0.15, 0.2) is 66.0 Å². The number of nitrogens with two attached hydrogens (primary N) is 1. The highest BCUT2D eigenvalue weighted by atomic mass is 32.2. The van der Waals surface area contributed by atoms with Gasteiger partial charge in [0.2, 0.25) is 10.0 Å². The fraction of sp³-hybridized carbons (Fsp3) is 0.333. The van der Waals surface area contributed by atoms with Gasteiger partial charge in [-0.05, 0) is 29.8 Å². The number of nitrogens with zero attached hydrogens (tertiary/aromatic N) is 5. The van der Waals surface area contributed by atoms with Crippen molar-refractivity contribution in [3.8, 4) is 5.75 Å². The lowest BCUT2D eigenvalue weighted by atomic mass is 10.0. The van der Waals surface area contributed by atoms with E-state index in [1.54, 1.807) is 17.0 Å². The summed E-state index contributed by atoms with van der Waals surface area (Å²) in [6.45, 7) is 1.57. The van der Waals surface area contributed by atoms with Gasteiger partial charge in [-0.1, -0.05) is 31.2 Å². The van der Waals surface area contributed by atoms with Gasteiger partial charge in [-0.2, -0.15) is 4.31 Å². The number of nitrogens with one attached hydrogen (secondary N) is 1. The van der Waals surface area contributed by atoms with Crippen LogP contribution in [-0.4, -0.2) is 75.8 Å². The Balaban J connectivity index is 0.000000297. The van der Waals surface area contributed by atoms with Crippen molar-refractivity contribution in [3.05, 3.63) is 72.2 Å². The number of alkyl halides is 5. The van der Waals surface area contributed by atoms with Crippen LogP contribution in [0.3, 0.4) is 0 Å². The number of aromatic nitrogens is 4. The predicted molar refractivity (Wildman–Crippen MR) is 151 cm³/mol. The van der Waals surface area contributed by atoms with Gasteiger partial charge in [-0.3, -0.25) is 4.79 Å². The van der Waals surface area contributed by atoms with Crippen molar-refractivity contribution in [1.29, 1.82) is 0 Å². The van der Waals surface area contributed by atoms with Gasteiger partial charge in [-0.25, -0.2) is 32.2 Å². The Bertz CT molecular complexity index is 1720. The third-order valence-corrected chi connectivity index (χ3v) is 8.71. The number of carboxylic acid groups (broad SMARTS) is 1. The van der Waals surface area contributed by atoms with Crippen molar-refractivity contribution >= 4 is 33.1 Å². The molecule has 1 aliphatic heterocycles. The van der Waals surface area contributed by atoms with Gasteiger partial charge in [0.15, 0.2) is 11.3 Å². The summed E-state index contributed by atoms with van der Waals surface area (Å²) < 4.78 is 93.7. The normalized spacial score (nSPS) is 16.2. The maximum atomic E-state index is 13.1. The molecule has 0 aliphatic carbocycles. The summed E-state index contributed by atoms with van der Waals surface area (Å²) in [6.07, 6.45) is -2.28. The molecule has 1 fully saturated rings. The summed E-state index contributed by atoms with van der Waals surface area (Å²) in [5.74, 6) is -4.35. The Hall–Kier alpha value is -4.42. The van der Waals surface area contributed by atoms with E-state index in [1.165, 1.54) is 31.6 Å². The van der Waals surface area contributed by atoms with E-state index in [0.29, 0.717) is 23.7 Å². The monoisotopic (exact) mass is 657 g/mol.